The highest BCUT2D eigenvalue weighted by atomic mass is 32.2. The number of benzene rings is 1. The fraction of sp³-hybridized carbons (Fsp3) is 0.421. The van der Waals surface area contributed by atoms with Gasteiger partial charge in [0, 0.05) is 22.6 Å². The second-order valence-corrected chi connectivity index (χ2v) is 8.46. The topological polar surface area (TPSA) is 52.2 Å². The van der Waals surface area contributed by atoms with Crippen molar-refractivity contribution >= 4 is 17.5 Å². The molecule has 1 fully saturated rings. The summed E-state index contributed by atoms with van der Waals surface area (Å²) in [6, 6.07) is 6.23. The van der Waals surface area contributed by atoms with E-state index in [-0.39, 0.29) is 28.1 Å². The van der Waals surface area contributed by atoms with Crippen molar-refractivity contribution in [2.24, 2.45) is 0 Å². The van der Waals surface area contributed by atoms with E-state index in [1.807, 2.05) is 18.4 Å². The molecule has 148 valence electrons. The van der Waals surface area contributed by atoms with Gasteiger partial charge in [-0.1, -0.05) is 26.0 Å². The molecule has 0 atom stereocenters. The van der Waals surface area contributed by atoms with Gasteiger partial charge in [0.25, 0.3) is 5.56 Å². The van der Waals surface area contributed by atoms with Crippen LogP contribution in [0.2, 0.25) is 0 Å². The van der Waals surface area contributed by atoms with Crippen LogP contribution in [0.5, 0.6) is 0 Å². The third-order valence-corrected chi connectivity index (χ3v) is 5.41. The van der Waals surface area contributed by atoms with E-state index >= 15 is 0 Å². The molecule has 28 heavy (non-hydrogen) atoms. The standard InChI is InChI=1S/C19H19F3N4OS/c1-11(2)15-10-25(9-12-3-7-14(8-4-12)28-19(20,21)22)18-23-16(13-5-6-13)24-26(18)17(15)27/h3-4,7-8,10-11,13H,5-6,9H2,1-2H3. The summed E-state index contributed by atoms with van der Waals surface area (Å²) in [7, 11) is 0. The van der Waals surface area contributed by atoms with E-state index < -0.39 is 5.51 Å². The molecule has 3 aromatic rings. The van der Waals surface area contributed by atoms with E-state index in [1.54, 1.807) is 18.3 Å². The molecule has 0 saturated heterocycles. The second-order valence-electron chi connectivity index (χ2n) is 7.32. The Morgan fingerprint density at radius 3 is 2.46 bits per heavy atom. The third-order valence-electron chi connectivity index (χ3n) is 4.67. The van der Waals surface area contributed by atoms with Gasteiger partial charge in [0.1, 0.15) is 0 Å². The van der Waals surface area contributed by atoms with Crippen LogP contribution < -0.4 is 5.56 Å². The summed E-state index contributed by atoms with van der Waals surface area (Å²) >= 11 is -0.134. The van der Waals surface area contributed by atoms with Crippen molar-refractivity contribution < 1.29 is 13.2 Å². The summed E-state index contributed by atoms with van der Waals surface area (Å²) in [5, 5.41) is 4.42. The van der Waals surface area contributed by atoms with Gasteiger partial charge in [-0.25, -0.2) is 0 Å². The first kappa shape index (κ1) is 19.0. The molecule has 1 aliphatic rings. The largest absolute Gasteiger partial charge is 0.446 e. The maximum Gasteiger partial charge on any atom is 0.446 e. The average molecular weight is 408 g/mol. The van der Waals surface area contributed by atoms with E-state index in [4.69, 9.17) is 0 Å². The van der Waals surface area contributed by atoms with Crippen LogP contribution in [0.1, 0.15) is 55.5 Å². The number of fused-ring (bicyclic) bond motifs is 1. The lowest BCUT2D eigenvalue weighted by Crippen LogP contribution is -2.24. The number of nitrogens with zero attached hydrogens (tertiary/aromatic N) is 4. The Kier molecular flexibility index (Phi) is 4.73. The second kappa shape index (κ2) is 6.95. The van der Waals surface area contributed by atoms with Crippen molar-refractivity contribution in [1.82, 2.24) is 19.2 Å². The van der Waals surface area contributed by atoms with Gasteiger partial charge in [-0.15, -0.1) is 5.10 Å². The summed E-state index contributed by atoms with van der Waals surface area (Å²) in [6.45, 7) is 4.27. The van der Waals surface area contributed by atoms with E-state index in [9.17, 15) is 18.0 Å². The quantitative estimate of drug-likeness (QED) is 0.581. The molecule has 1 aliphatic carbocycles. The smallest absolute Gasteiger partial charge is 0.312 e. The molecule has 0 radical (unpaired) electrons. The van der Waals surface area contributed by atoms with Crippen LogP contribution in [0.4, 0.5) is 13.2 Å². The summed E-state index contributed by atoms with van der Waals surface area (Å²) in [4.78, 5) is 17.4. The van der Waals surface area contributed by atoms with Crippen molar-refractivity contribution in [3.63, 3.8) is 0 Å². The molecule has 0 unspecified atom stereocenters. The highest BCUT2D eigenvalue weighted by Crippen LogP contribution is 2.38. The monoisotopic (exact) mass is 408 g/mol. The third kappa shape index (κ3) is 3.94. The SMILES string of the molecule is CC(C)c1cn(Cc2ccc(SC(F)(F)F)cc2)c2nc(C3CC3)nn2c1=O. The highest BCUT2D eigenvalue weighted by molar-refractivity contribution is 8.00. The lowest BCUT2D eigenvalue weighted by molar-refractivity contribution is -0.0328. The van der Waals surface area contributed by atoms with Crippen molar-refractivity contribution in [2.45, 2.75) is 55.5 Å². The molecule has 2 heterocycles. The predicted octanol–water partition coefficient (Wildman–Crippen LogP) is 4.55. The van der Waals surface area contributed by atoms with E-state index in [1.165, 1.54) is 16.6 Å². The van der Waals surface area contributed by atoms with Crippen LogP contribution in [-0.2, 0) is 6.54 Å². The fourth-order valence-electron chi connectivity index (χ4n) is 3.06. The molecular weight excluding hydrogens is 389 g/mol. The van der Waals surface area contributed by atoms with Crippen LogP contribution >= 0.6 is 11.8 Å². The molecule has 0 bridgehead atoms. The molecule has 0 spiro atoms. The number of alkyl halides is 3. The van der Waals surface area contributed by atoms with Crippen LogP contribution in [0.25, 0.3) is 5.78 Å². The van der Waals surface area contributed by atoms with Gasteiger partial charge in [0.2, 0.25) is 5.78 Å². The summed E-state index contributed by atoms with van der Waals surface area (Å²) in [5.41, 5.74) is -3.02. The lowest BCUT2D eigenvalue weighted by atomic mass is 10.1. The molecule has 1 aromatic carbocycles. The van der Waals surface area contributed by atoms with Crippen molar-refractivity contribution in [2.75, 3.05) is 0 Å². The summed E-state index contributed by atoms with van der Waals surface area (Å²) in [5.74, 6) is 1.48. The van der Waals surface area contributed by atoms with Crippen LogP contribution in [0, 0.1) is 0 Å². The zero-order chi connectivity index (χ0) is 20.1. The number of rotatable bonds is 5. The minimum absolute atomic E-state index is 0.0160. The summed E-state index contributed by atoms with van der Waals surface area (Å²) < 4.78 is 40.7. The maximum atomic E-state index is 12.7. The number of hydrogen-bond donors (Lipinski definition) is 0. The van der Waals surface area contributed by atoms with E-state index in [2.05, 4.69) is 10.1 Å². The Hall–Kier alpha value is -2.29. The van der Waals surface area contributed by atoms with E-state index in [0.29, 0.717) is 29.6 Å². The normalized spacial score (nSPS) is 14.9. The Labute approximate surface area is 163 Å². The zero-order valence-electron chi connectivity index (χ0n) is 15.4. The Morgan fingerprint density at radius 1 is 1.21 bits per heavy atom. The van der Waals surface area contributed by atoms with Gasteiger partial charge in [-0.3, -0.25) is 4.79 Å². The van der Waals surface area contributed by atoms with Gasteiger partial charge < -0.3 is 4.57 Å². The minimum atomic E-state index is -4.31. The number of halogens is 3. The van der Waals surface area contributed by atoms with Crippen LogP contribution in [0.15, 0.2) is 40.2 Å². The first-order chi connectivity index (χ1) is 13.2. The lowest BCUT2D eigenvalue weighted by Gasteiger charge is -2.13. The van der Waals surface area contributed by atoms with Crippen molar-refractivity contribution in [3.8, 4) is 0 Å². The van der Waals surface area contributed by atoms with Gasteiger partial charge in [-0.2, -0.15) is 22.7 Å². The molecule has 1 saturated carbocycles. The van der Waals surface area contributed by atoms with Crippen LogP contribution in [0.3, 0.4) is 0 Å². The predicted molar refractivity (Wildman–Crippen MR) is 101 cm³/mol. The van der Waals surface area contributed by atoms with Crippen molar-refractivity contribution in [1.29, 1.82) is 0 Å². The molecule has 0 N–H and O–H groups in total. The Balaban J connectivity index is 1.71. The molecule has 2 aromatic heterocycles. The first-order valence-electron chi connectivity index (χ1n) is 9.06. The number of hydrogen-bond acceptors (Lipinski definition) is 4. The summed E-state index contributed by atoms with van der Waals surface area (Å²) in [6.07, 6.45) is 3.84. The van der Waals surface area contributed by atoms with E-state index in [0.717, 1.165) is 18.4 Å². The number of thioether (sulfide) groups is 1. The molecule has 5 nitrogen and oxygen atoms in total. The Morgan fingerprint density at radius 2 is 1.89 bits per heavy atom. The Bertz CT molecular complexity index is 1070. The number of aromatic nitrogens is 4. The van der Waals surface area contributed by atoms with Gasteiger partial charge in [0.05, 0.1) is 6.54 Å². The molecule has 9 heteroatoms. The van der Waals surface area contributed by atoms with Gasteiger partial charge in [0.15, 0.2) is 5.82 Å². The average Bonchev–Trinajstić information content (AvgIpc) is 3.36. The van der Waals surface area contributed by atoms with Gasteiger partial charge in [-0.05, 0) is 48.2 Å². The molecule has 0 aliphatic heterocycles. The van der Waals surface area contributed by atoms with Crippen LogP contribution in [-0.4, -0.2) is 24.7 Å². The maximum absolute atomic E-state index is 12.7. The highest BCUT2D eigenvalue weighted by Gasteiger charge is 2.30. The molecule has 4 rings (SSSR count). The molecule has 0 amide bonds. The molecular formula is C19H19F3N4OS. The first-order valence-corrected chi connectivity index (χ1v) is 9.87. The zero-order valence-corrected chi connectivity index (χ0v) is 16.2. The van der Waals surface area contributed by atoms with Crippen molar-refractivity contribution in [3.05, 3.63) is 57.8 Å². The van der Waals surface area contributed by atoms with Gasteiger partial charge >= 0.3 is 5.51 Å². The fourth-order valence-corrected chi connectivity index (χ4v) is 3.60. The minimum Gasteiger partial charge on any atom is -0.312 e.